The van der Waals surface area contributed by atoms with Crippen LogP contribution in [0.15, 0.2) is 17.2 Å². The Labute approximate surface area is 146 Å². The lowest BCUT2D eigenvalue weighted by molar-refractivity contribution is -0.140. The van der Waals surface area contributed by atoms with E-state index in [1.54, 1.807) is 5.43 Å². The Morgan fingerprint density at radius 2 is 1.56 bits per heavy atom. The number of hydrogen-bond acceptors (Lipinski definition) is 6. The van der Waals surface area contributed by atoms with Crippen LogP contribution in [0.2, 0.25) is 5.02 Å². The molecule has 0 spiro atoms. The van der Waals surface area contributed by atoms with Crippen LogP contribution in [-0.2, 0) is 19.1 Å². The zero-order valence-electron chi connectivity index (χ0n) is 13.2. The predicted octanol–water partition coefficient (Wildman–Crippen LogP) is 2.22. The minimum Gasteiger partial charge on any atom is -0.461 e. The van der Waals surface area contributed by atoms with Gasteiger partial charge in [-0.05, 0) is 26.0 Å². The maximum Gasteiger partial charge on any atom is 0.366 e. The van der Waals surface area contributed by atoms with Gasteiger partial charge in [0.2, 0.25) is 0 Å². The Bertz CT molecular complexity index is 669. The third-order valence-electron chi connectivity index (χ3n) is 2.45. The standard InChI is InChI=1S/C14H14ClF2N3O5/c1-3-24-12(21)11(13(22)25-4-2)19-20-14(23)18-10-8(16)5-7(15)6-9(10)17/h5-6H,3-4H2,1-2H3,(H2,18,20,23). The number of carbonyl (C=O) groups is 3. The number of nitrogens with zero attached hydrogens (tertiary/aromatic N) is 1. The molecule has 8 nitrogen and oxygen atoms in total. The molecule has 0 aliphatic heterocycles. The lowest BCUT2D eigenvalue weighted by Crippen LogP contribution is -2.33. The molecular formula is C14H14ClF2N3O5. The first-order chi connectivity index (χ1) is 11.8. The molecule has 1 aromatic rings. The second-order valence-electron chi connectivity index (χ2n) is 4.21. The van der Waals surface area contributed by atoms with Crippen LogP contribution in [0, 0.1) is 11.6 Å². The maximum absolute atomic E-state index is 13.6. The van der Waals surface area contributed by atoms with Crippen molar-refractivity contribution >= 4 is 41.0 Å². The number of anilines is 1. The first-order valence-electron chi connectivity index (χ1n) is 6.93. The molecule has 0 aliphatic carbocycles. The molecule has 2 N–H and O–H groups in total. The molecule has 0 saturated heterocycles. The molecule has 11 heteroatoms. The minimum atomic E-state index is -1.22. The molecule has 0 aliphatic rings. The fourth-order valence-corrected chi connectivity index (χ4v) is 1.67. The van der Waals surface area contributed by atoms with E-state index in [9.17, 15) is 23.2 Å². The normalized spacial score (nSPS) is 9.80. The van der Waals surface area contributed by atoms with E-state index >= 15 is 0 Å². The van der Waals surface area contributed by atoms with Crippen molar-refractivity contribution in [2.75, 3.05) is 18.5 Å². The molecule has 0 aromatic heterocycles. The lowest BCUT2D eigenvalue weighted by atomic mass is 10.3. The van der Waals surface area contributed by atoms with Gasteiger partial charge in [0.15, 0.2) is 11.6 Å². The highest BCUT2D eigenvalue weighted by Gasteiger charge is 2.24. The van der Waals surface area contributed by atoms with E-state index in [0.29, 0.717) is 0 Å². The molecule has 2 amide bonds. The van der Waals surface area contributed by atoms with E-state index in [1.165, 1.54) is 13.8 Å². The van der Waals surface area contributed by atoms with Crippen molar-refractivity contribution in [2.45, 2.75) is 13.8 Å². The van der Waals surface area contributed by atoms with E-state index < -0.39 is 41.0 Å². The summed E-state index contributed by atoms with van der Waals surface area (Å²) in [7, 11) is 0. The molecular weight excluding hydrogens is 364 g/mol. The van der Waals surface area contributed by atoms with Crippen molar-refractivity contribution in [3.05, 3.63) is 28.8 Å². The van der Waals surface area contributed by atoms with Crippen LogP contribution in [-0.4, -0.2) is 36.9 Å². The SMILES string of the molecule is CCOC(=O)C(=NNC(=O)Nc1c(F)cc(Cl)cc1F)C(=O)OCC. The van der Waals surface area contributed by atoms with E-state index in [-0.39, 0.29) is 18.2 Å². The number of hydrogen-bond donors (Lipinski definition) is 2. The topological polar surface area (TPSA) is 106 Å². The highest BCUT2D eigenvalue weighted by atomic mass is 35.5. The Morgan fingerprint density at radius 1 is 1.08 bits per heavy atom. The summed E-state index contributed by atoms with van der Waals surface area (Å²) in [5.74, 6) is -4.52. The van der Waals surface area contributed by atoms with Gasteiger partial charge in [-0.25, -0.2) is 28.6 Å². The largest absolute Gasteiger partial charge is 0.461 e. The summed E-state index contributed by atoms with van der Waals surface area (Å²) in [5.41, 5.74) is 0.126. The number of carbonyl (C=O) groups excluding carboxylic acids is 3. The molecule has 136 valence electrons. The first kappa shape index (κ1) is 20.3. The van der Waals surface area contributed by atoms with Gasteiger partial charge in [0, 0.05) is 5.02 Å². The van der Waals surface area contributed by atoms with Gasteiger partial charge in [-0.3, -0.25) is 0 Å². The summed E-state index contributed by atoms with van der Waals surface area (Å²) in [4.78, 5) is 34.9. The van der Waals surface area contributed by atoms with Crippen molar-refractivity contribution in [2.24, 2.45) is 5.10 Å². The van der Waals surface area contributed by atoms with Gasteiger partial charge in [-0.1, -0.05) is 11.6 Å². The summed E-state index contributed by atoms with van der Waals surface area (Å²) in [5, 5.41) is 4.90. The van der Waals surface area contributed by atoms with Gasteiger partial charge in [0.1, 0.15) is 5.69 Å². The summed E-state index contributed by atoms with van der Waals surface area (Å²) in [6, 6.07) is 0.351. The number of halogens is 3. The zero-order valence-corrected chi connectivity index (χ0v) is 13.9. The zero-order chi connectivity index (χ0) is 19.0. The number of ether oxygens (including phenoxy) is 2. The fraction of sp³-hybridized carbons (Fsp3) is 0.286. The van der Waals surface area contributed by atoms with Crippen LogP contribution in [0.25, 0.3) is 0 Å². The molecule has 1 aromatic carbocycles. The van der Waals surface area contributed by atoms with Crippen molar-refractivity contribution < 1.29 is 32.6 Å². The second kappa shape index (κ2) is 9.52. The van der Waals surface area contributed by atoms with Gasteiger partial charge in [-0.15, -0.1) is 0 Å². The number of rotatable bonds is 6. The Kier molecular flexibility index (Phi) is 7.73. The number of esters is 2. The molecule has 0 heterocycles. The molecule has 0 radical (unpaired) electrons. The quantitative estimate of drug-likeness (QED) is 0.342. The number of nitrogens with one attached hydrogen (secondary N) is 2. The first-order valence-corrected chi connectivity index (χ1v) is 7.31. The highest BCUT2D eigenvalue weighted by molar-refractivity contribution is 6.62. The molecule has 25 heavy (non-hydrogen) atoms. The molecule has 0 fully saturated rings. The maximum atomic E-state index is 13.6. The van der Waals surface area contributed by atoms with E-state index in [4.69, 9.17) is 11.6 Å². The van der Waals surface area contributed by atoms with Gasteiger partial charge in [-0.2, -0.15) is 5.10 Å². The van der Waals surface area contributed by atoms with Crippen LogP contribution >= 0.6 is 11.6 Å². The van der Waals surface area contributed by atoms with Crippen LogP contribution in [0.1, 0.15) is 13.8 Å². The smallest absolute Gasteiger partial charge is 0.366 e. The molecule has 0 bridgehead atoms. The molecule has 1 rings (SSSR count). The Morgan fingerprint density at radius 3 is 2.00 bits per heavy atom. The Balaban J connectivity index is 2.90. The van der Waals surface area contributed by atoms with Crippen molar-refractivity contribution in [3.63, 3.8) is 0 Å². The van der Waals surface area contributed by atoms with E-state index in [0.717, 1.165) is 12.1 Å². The Hall–Kier alpha value is -2.75. The summed E-state index contributed by atoms with van der Waals surface area (Å²) >= 11 is 5.46. The average Bonchev–Trinajstić information content (AvgIpc) is 2.51. The van der Waals surface area contributed by atoms with Gasteiger partial charge >= 0.3 is 18.0 Å². The van der Waals surface area contributed by atoms with E-state index in [1.807, 2.05) is 5.32 Å². The van der Waals surface area contributed by atoms with Gasteiger partial charge < -0.3 is 14.8 Å². The second-order valence-corrected chi connectivity index (χ2v) is 4.65. The van der Waals surface area contributed by atoms with Gasteiger partial charge in [0.25, 0.3) is 5.71 Å². The third kappa shape index (κ3) is 5.99. The minimum absolute atomic E-state index is 0.0509. The number of amides is 2. The third-order valence-corrected chi connectivity index (χ3v) is 2.67. The van der Waals surface area contributed by atoms with Crippen LogP contribution in [0.4, 0.5) is 19.3 Å². The lowest BCUT2D eigenvalue weighted by Gasteiger charge is -2.08. The van der Waals surface area contributed by atoms with Crippen LogP contribution in [0.3, 0.4) is 0 Å². The molecule has 0 unspecified atom stereocenters. The van der Waals surface area contributed by atoms with Crippen LogP contribution < -0.4 is 10.7 Å². The average molecular weight is 378 g/mol. The van der Waals surface area contributed by atoms with Crippen molar-refractivity contribution in [3.8, 4) is 0 Å². The number of hydrazone groups is 1. The van der Waals surface area contributed by atoms with E-state index in [2.05, 4.69) is 14.6 Å². The van der Waals surface area contributed by atoms with Gasteiger partial charge in [0.05, 0.1) is 13.2 Å². The van der Waals surface area contributed by atoms with Crippen molar-refractivity contribution in [1.82, 2.24) is 5.43 Å². The highest BCUT2D eigenvalue weighted by Crippen LogP contribution is 2.23. The molecule has 0 atom stereocenters. The number of benzene rings is 1. The summed E-state index contributed by atoms with van der Waals surface area (Å²) in [6.07, 6.45) is 0. The predicted molar refractivity (Wildman–Crippen MR) is 84.2 cm³/mol. The summed E-state index contributed by atoms with van der Waals surface area (Å²) < 4.78 is 36.3. The molecule has 0 saturated carbocycles. The van der Waals surface area contributed by atoms with Crippen molar-refractivity contribution in [1.29, 1.82) is 0 Å². The number of urea groups is 1. The fourth-order valence-electron chi connectivity index (χ4n) is 1.48. The summed E-state index contributed by atoms with van der Waals surface area (Å²) in [6.45, 7) is 2.88. The monoisotopic (exact) mass is 377 g/mol. The van der Waals surface area contributed by atoms with Crippen LogP contribution in [0.5, 0.6) is 0 Å².